The standard InChI is InChI=1S/C15H23N3O2/c1-14(2,3)20-13(19)18-15(7-5-9-17-11-15)12-6-4-8-16-10-12/h4,6,8,10,17H,5,7,9,11H2,1-3H3,(H,18,19). The van der Waals surface area contributed by atoms with E-state index >= 15 is 0 Å². The lowest BCUT2D eigenvalue weighted by Crippen LogP contribution is -2.56. The predicted molar refractivity (Wildman–Crippen MR) is 77.4 cm³/mol. The van der Waals surface area contributed by atoms with Crippen LogP contribution < -0.4 is 10.6 Å². The summed E-state index contributed by atoms with van der Waals surface area (Å²) >= 11 is 0. The van der Waals surface area contributed by atoms with Gasteiger partial charge in [-0.05, 0) is 51.8 Å². The summed E-state index contributed by atoms with van der Waals surface area (Å²) in [5, 5.41) is 6.39. The molecule has 0 spiro atoms. The van der Waals surface area contributed by atoms with E-state index in [1.165, 1.54) is 0 Å². The average Bonchev–Trinajstić information content (AvgIpc) is 2.38. The van der Waals surface area contributed by atoms with Gasteiger partial charge in [-0.25, -0.2) is 4.79 Å². The molecule has 1 amide bonds. The number of nitrogens with one attached hydrogen (secondary N) is 2. The van der Waals surface area contributed by atoms with Gasteiger partial charge in [0.25, 0.3) is 0 Å². The molecule has 1 aliphatic heterocycles. The van der Waals surface area contributed by atoms with Crippen molar-refractivity contribution in [1.82, 2.24) is 15.6 Å². The zero-order valence-electron chi connectivity index (χ0n) is 12.4. The van der Waals surface area contributed by atoms with Gasteiger partial charge in [0.05, 0.1) is 5.54 Å². The van der Waals surface area contributed by atoms with Gasteiger partial charge in [0.15, 0.2) is 0 Å². The van der Waals surface area contributed by atoms with Crippen LogP contribution >= 0.6 is 0 Å². The first-order valence-corrected chi connectivity index (χ1v) is 7.04. The van der Waals surface area contributed by atoms with Crippen molar-refractivity contribution in [2.24, 2.45) is 0 Å². The zero-order valence-corrected chi connectivity index (χ0v) is 12.4. The van der Waals surface area contributed by atoms with Gasteiger partial charge in [0, 0.05) is 18.9 Å². The summed E-state index contributed by atoms with van der Waals surface area (Å²) in [4.78, 5) is 16.3. The smallest absolute Gasteiger partial charge is 0.408 e. The van der Waals surface area contributed by atoms with Crippen molar-refractivity contribution in [1.29, 1.82) is 0 Å². The summed E-state index contributed by atoms with van der Waals surface area (Å²) in [5.74, 6) is 0. The van der Waals surface area contributed by atoms with Crippen molar-refractivity contribution in [3.05, 3.63) is 30.1 Å². The van der Waals surface area contributed by atoms with Gasteiger partial charge in [-0.2, -0.15) is 0 Å². The molecule has 0 aromatic carbocycles. The largest absolute Gasteiger partial charge is 0.444 e. The molecule has 5 heteroatoms. The molecule has 1 atom stereocenters. The Morgan fingerprint density at radius 2 is 2.30 bits per heavy atom. The summed E-state index contributed by atoms with van der Waals surface area (Å²) < 4.78 is 5.39. The molecule has 110 valence electrons. The van der Waals surface area contributed by atoms with Crippen molar-refractivity contribution in [3.8, 4) is 0 Å². The SMILES string of the molecule is CC(C)(C)OC(=O)NC1(c2cccnc2)CCCNC1. The molecular weight excluding hydrogens is 254 g/mol. The second-order valence-electron chi connectivity index (χ2n) is 6.23. The van der Waals surface area contributed by atoms with E-state index in [0.717, 1.165) is 24.9 Å². The van der Waals surface area contributed by atoms with Crippen LogP contribution in [0.3, 0.4) is 0 Å². The average molecular weight is 277 g/mol. The number of carbonyl (C=O) groups is 1. The van der Waals surface area contributed by atoms with Crippen LogP contribution in [0.15, 0.2) is 24.5 Å². The Hall–Kier alpha value is -1.62. The molecule has 1 aromatic heterocycles. The van der Waals surface area contributed by atoms with Crippen LogP contribution in [0.4, 0.5) is 4.79 Å². The maximum Gasteiger partial charge on any atom is 0.408 e. The minimum absolute atomic E-state index is 0.384. The number of pyridine rings is 1. The van der Waals surface area contributed by atoms with Crippen LogP contribution in [0.5, 0.6) is 0 Å². The molecule has 1 fully saturated rings. The molecule has 2 heterocycles. The summed E-state index contributed by atoms with van der Waals surface area (Å²) in [6.07, 6.45) is 5.05. The lowest BCUT2D eigenvalue weighted by molar-refractivity contribution is 0.0431. The molecule has 1 saturated heterocycles. The fourth-order valence-electron chi connectivity index (χ4n) is 2.48. The van der Waals surface area contributed by atoms with Gasteiger partial charge in [-0.15, -0.1) is 0 Å². The van der Waals surface area contributed by atoms with Crippen molar-refractivity contribution >= 4 is 6.09 Å². The second kappa shape index (κ2) is 5.79. The fraction of sp³-hybridized carbons (Fsp3) is 0.600. The molecule has 1 aliphatic rings. The van der Waals surface area contributed by atoms with Crippen molar-refractivity contribution in [3.63, 3.8) is 0 Å². The summed E-state index contributed by atoms with van der Waals surface area (Å²) in [6.45, 7) is 7.25. The number of amides is 1. The van der Waals surface area contributed by atoms with Crippen molar-refractivity contribution in [2.75, 3.05) is 13.1 Å². The van der Waals surface area contributed by atoms with Gasteiger partial charge >= 0.3 is 6.09 Å². The zero-order chi connectivity index (χ0) is 14.6. The maximum absolute atomic E-state index is 12.1. The topological polar surface area (TPSA) is 63.2 Å². The molecule has 20 heavy (non-hydrogen) atoms. The summed E-state index contributed by atoms with van der Waals surface area (Å²) in [5.41, 5.74) is 0.0787. The first-order chi connectivity index (χ1) is 9.41. The van der Waals surface area contributed by atoms with Crippen LogP contribution in [0, 0.1) is 0 Å². The summed E-state index contributed by atoms with van der Waals surface area (Å²) in [6, 6.07) is 3.89. The van der Waals surface area contributed by atoms with Crippen LogP contribution in [-0.4, -0.2) is 29.8 Å². The Labute approximate surface area is 120 Å². The third-order valence-electron chi connectivity index (χ3n) is 3.34. The van der Waals surface area contributed by atoms with E-state index in [9.17, 15) is 4.79 Å². The van der Waals surface area contributed by atoms with Crippen molar-refractivity contribution in [2.45, 2.75) is 44.8 Å². The van der Waals surface area contributed by atoms with Crippen LogP contribution in [0.1, 0.15) is 39.2 Å². The Morgan fingerprint density at radius 1 is 1.50 bits per heavy atom. The van der Waals surface area contributed by atoms with Gasteiger partial charge in [-0.1, -0.05) is 6.07 Å². The Morgan fingerprint density at radius 3 is 2.85 bits per heavy atom. The number of carbonyl (C=O) groups excluding carboxylic acids is 1. The van der Waals surface area contributed by atoms with E-state index in [1.54, 1.807) is 6.20 Å². The van der Waals surface area contributed by atoms with E-state index in [1.807, 2.05) is 39.1 Å². The van der Waals surface area contributed by atoms with Crippen LogP contribution in [0.25, 0.3) is 0 Å². The lowest BCUT2D eigenvalue weighted by Gasteiger charge is -2.39. The highest BCUT2D eigenvalue weighted by atomic mass is 16.6. The molecular formula is C15H23N3O2. The van der Waals surface area contributed by atoms with Crippen LogP contribution in [0.2, 0.25) is 0 Å². The van der Waals surface area contributed by atoms with E-state index in [4.69, 9.17) is 4.74 Å². The minimum Gasteiger partial charge on any atom is -0.444 e. The first-order valence-electron chi connectivity index (χ1n) is 7.04. The molecule has 1 unspecified atom stereocenters. The molecule has 0 bridgehead atoms. The highest BCUT2D eigenvalue weighted by molar-refractivity contribution is 5.69. The Bertz CT molecular complexity index is 448. The number of aromatic nitrogens is 1. The molecule has 1 aromatic rings. The van der Waals surface area contributed by atoms with E-state index < -0.39 is 11.1 Å². The van der Waals surface area contributed by atoms with Crippen molar-refractivity contribution < 1.29 is 9.53 Å². The van der Waals surface area contributed by atoms with Gasteiger partial charge in [0.2, 0.25) is 0 Å². The molecule has 0 radical (unpaired) electrons. The minimum atomic E-state index is -0.498. The van der Waals surface area contributed by atoms with Gasteiger partial charge < -0.3 is 15.4 Å². The second-order valence-corrected chi connectivity index (χ2v) is 6.23. The molecule has 2 rings (SSSR count). The number of hydrogen-bond acceptors (Lipinski definition) is 4. The third-order valence-corrected chi connectivity index (χ3v) is 3.34. The summed E-state index contributed by atoms with van der Waals surface area (Å²) in [7, 11) is 0. The maximum atomic E-state index is 12.1. The number of nitrogens with zero attached hydrogens (tertiary/aromatic N) is 1. The molecule has 5 nitrogen and oxygen atoms in total. The highest BCUT2D eigenvalue weighted by Gasteiger charge is 2.37. The van der Waals surface area contributed by atoms with Gasteiger partial charge in [0.1, 0.15) is 5.60 Å². The monoisotopic (exact) mass is 277 g/mol. The quantitative estimate of drug-likeness (QED) is 0.870. The van der Waals surface area contributed by atoms with E-state index in [-0.39, 0.29) is 6.09 Å². The normalized spacial score (nSPS) is 23.1. The number of piperidine rings is 1. The Balaban J connectivity index is 2.18. The number of hydrogen-bond donors (Lipinski definition) is 2. The van der Waals surface area contributed by atoms with Crippen LogP contribution in [-0.2, 0) is 10.3 Å². The third kappa shape index (κ3) is 3.70. The van der Waals surface area contributed by atoms with E-state index in [2.05, 4.69) is 15.6 Å². The molecule has 2 N–H and O–H groups in total. The van der Waals surface area contributed by atoms with Gasteiger partial charge in [-0.3, -0.25) is 4.98 Å². The fourth-order valence-corrected chi connectivity index (χ4v) is 2.48. The first kappa shape index (κ1) is 14.8. The number of rotatable bonds is 2. The highest BCUT2D eigenvalue weighted by Crippen LogP contribution is 2.28. The predicted octanol–water partition coefficient (Wildman–Crippen LogP) is 2.18. The molecule has 0 saturated carbocycles. The van der Waals surface area contributed by atoms with E-state index in [0.29, 0.717) is 6.54 Å². The lowest BCUT2D eigenvalue weighted by atomic mass is 9.84. The number of alkyl carbamates (subject to hydrolysis) is 1. The number of ether oxygens (including phenoxy) is 1. The molecule has 0 aliphatic carbocycles. The Kier molecular flexibility index (Phi) is 4.28.